The van der Waals surface area contributed by atoms with Crippen molar-refractivity contribution in [2.75, 3.05) is 11.9 Å². The molecule has 1 unspecified atom stereocenters. The molecule has 0 saturated carbocycles. The molecule has 0 radical (unpaired) electrons. The van der Waals surface area contributed by atoms with Gasteiger partial charge in [0.25, 0.3) is 0 Å². The Morgan fingerprint density at radius 3 is 2.22 bits per heavy atom. The second-order valence-corrected chi connectivity index (χ2v) is 6.58. The predicted molar refractivity (Wildman–Crippen MR) is 108 cm³/mol. The van der Waals surface area contributed by atoms with Crippen LogP contribution in [0.4, 0.5) is 5.82 Å². The number of carbonyl (C=O) groups excluding carboxylic acids is 1. The average Bonchev–Trinajstić information content (AvgIpc) is 2.99. The zero-order valence-electron chi connectivity index (χ0n) is 16.2. The summed E-state index contributed by atoms with van der Waals surface area (Å²) in [5, 5.41) is 7.19. The molecule has 1 N–H and O–H groups in total. The summed E-state index contributed by atoms with van der Waals surface area (Å²) < 4.78 is 7.16. The summed E-state index contributed by atoms with van der Waals surface area (Å²) >= 11 is 0. The molecule has 1 aromatic heterocycles. The van der Waals surface area contributed by atoms with E-state index >= 15 is 0 Å². The quantitative estimate of drug-likeness (QED) is 0.700. The van der Waals surface area contributed by atoms with Crippen molar-refractivity contribution in [1.82, 2.24) is 9.78 Å². The van der Waals surface area contributed by atoms with E-state index in [1.165, 1.54) is 0 Å². The number of carbonyl (C=O) groups is 1. The summed E-state index contributed by atoms with van der Waals surface area (Å²) in [6.07, 6.45) is 0. The van der Waals surface area contributed by atoms with E-state index in [0.717, 1.165) is 28.1 Å². The first-order valence-corrected chi connectivity index (χ1v) is 9.12. The molecule has 0 aliphatic carbocycles. The minimum absolute atomic E-state index is 0.0492. The average molecular weight is 363 g/mol. The molecular weight excluding hydrogens is 338 g/mol. The Hall–Kier alpha value is -3.08. The van der Waals surface area contributed by atoms with E-state index in [4.69, 9.17) is 4.74 Å². The fourth-order valence-corrected chi connectivity index (χ4v) is 2.99. The largest absolute Gasteiger partial charge is 0.494 e. The Morgan fingerprint density at radius 1 is 1.11 bits per heavy atom. The first kappa shape index (κ1) is 18.7. The van der Waals surface area contributed by atoms with Crippen molar-refractivity contribution in [3.05, 3.63) is 65.9 Å². The van der Waals surface area contributed by atoms with Gasteiger partial charge in [-0.3, -0.25) is 9.48 Å². The lowest BCUT2D eigenvalue weighted by Crippen LogP contribution is -2.20. The third kappa shape index (κ3) is 4.37. The Labute approximate surface area is 160 Å². The maximum atomic E-state index is 12.6. The van der Waals surface area contributed by atoms with E-state index in [0.29, 0.717) is 12.4 Å². The Balaban J connectivity index is 1.70. The van der Waals surface area contributed by atoms with Crippen LogP contribution in [0.3, 0.4) is 0 Å². The summed E-state index contributed by atoms with van der Waals surface area (Å²) in [6, 6.07) is 18.0. The molecule has 5 nitrogen and oxygen atoms in total. The number of benzene rings is 2. The molecule has 27 heavy (non-hydrogen) atoms. The third-order valence-corrected chi connectivity index (χ3v) is 4.56. The standard InChI is InChI=1S/C22H25N3O2/c1-5-27-20-12-10-19(11-13-20)18-8-6-17(7-9-18)16(3)22(26)23-21-14-15(2)24-25(21)4/h6-14,16H,5H2,1-4H3,(H,23,26). The molecule has 0 aliphatic rings. The van der Waals surface area contributed by atoms with Crippen molar-refractivity contribution in [3.8, 4) is 16.9 Å². The molecule has 140 valence electrons. The van der Waals surface area contributed by atoms with Crippen LogP contribution in [0.1, 0.15) is 31.0 Å². The number of nitrogens with zero attached hydrogens (tertiary/aromatic N) is 2. The molecule has 3 aromatic rings. The number of aryl methyl sites for hydroxylation is 2. The topological polar surface area (TPSA) is 56.1 Å². The van der Waals surface area contributed by atoms with Crippen LogP contribution in [0.5, 0.6) is 5.75 Å². The predicted octanol–water partition coefficient (Wildman–Crippen LogP) is 4.54. The fourth-order valence-electron chi connectivity index (χ4n) is 2.99. The molecule has 5 heteroatoms. The van der Waals surface area contributed by atoms with E-state index in [-0.39, 0.29) is 11.8 Å². The van der Waals surface area contributed by atoms with Crippen molar-refractivity contribution < 1.29 is 9.53 Å². The van der Waals surface area contributed by atoms with Crippen molar-refractivity contribution in [2.45, 2.75) is 26.7 Å². The normalized spacial score (nSPS) is 11.9. The molecule has 0 bridgehead atoms. The van der Waals surface area contributed by atoms with Gasteiger partial charge in [-0.15, -0.1) is 0 Å². The molecule has 1 heterocycles. The lowest BCUT2D eigenvalue weighted by atomic mass is 9.97. The highest BCUT2D eigenvalue weighted by atomic mass is 16.5. The number of hydrogen-bond acceptors (Lipinski definition) is 3. The lowest BCUT2D eigenvalue weighted by Gasteiger charge is -2.13. The Bertz CT molecular complexity index is 912. The van der Waals surface area contributed by atoms with Gasteiger partial charge in [0.2, 0.25) is 5.91 Å². The van der Waals surface area contributed by atoms with Crippen LogP contribution in [0.25, 0.3) is 11.1 Å². The molecule has 1 amide bonds. The molecule has 0 fully saturated rings. The number of ether oxygens (including phenoxy) is 1. The summed E-state index contributed by atoms with van der Waals surface area (Å²) in [6.45, 7) is 6.44. The number of amides is 1. The minimum Gasteiger partial charge on any atom is -0.494 e. The molecule has 3 rings (SSSR count). The van der Waals surface area contributed by atoms with E-state index in [2.05, 4.69) is 10.4 Å². The molecule has 0 saturated heterocycles. The fraction of sp³-hybridized carbons (Fsp3) is 0.273. The van der Waals surface area contributed by atoms with Gasteiger partial charge < -0.3 is 10.1 Å². The summed E-state index contributed by atoms with van der Waals surface area (Å²) in [4.78, 5) is 12.6. The smallest absolute Gasteiger partial charge is 0.232 e. The van der Waals surface area contributed by atoms with Crippen molar-refractivity contribution in [2.24, 2.45) is 7.05 Å². The number of hydrogen-bond donors (Lipinski definition) is 1. The summed E-state index contributed by atoms with van der Waals surface area (Å²) in [5.41, 5.74) is 4.07. The Kier molecular flexibility index (Phi) is 5.60. The van der Waals surface area contributed by atoms with E-state index in [1.54, 1.807) is 4.68 Å². The SMILES string of the molecule is CCOc1ccc(-c2ccc(C(C)C(=O)Nc3cc(C)nn3C)cc2)cc1. The van der Waals surface area contributed by atoms with Gasteiger partial charge in [-0.1, -0.05) is 36.4 Å². The van der Waals surface area contributed by atoms with Gasteiger partial charge >= 0.3 is 0 Å². The summed E-state index contributed by atoms with van der Waals surface area (Å²) in [5.74, 6) is 1.27. The van der Waals surface area contributed by atoms with Gasteiger partial charge in [0.05, 0.1) is 18.2 Å². The molecular formula is C22H25N3O2. The molecule has 2 aromatic carbocycles. The van der Waals surface area contributed by atoms with Gasteiger partial charge in [0, 0.05) is 13.1 Å². The second-order valence-electron chi connectivity index (χ2n) is 6.58. The number of aromatic nitrogens is 2. The highest BCUT2D eigenvalue weighted by Crippen LogP contribution is 2.25. The Morgan fingerprint density at radius 2 is 1.70 bits per heavy atom. The van der Waals surface area contributed by atoms with Crippen LogP contribution in [0.15, 0.2) is 54.6 Å². The van der Waals surface area contributed by atoms with Gasteiger partial charge in [-0.05, 0) is 49.6 Å². The monoisotopic (exact) mass is 363 g/mol. The van der Waals surface area contributed by atoms with E-state index in [9.17, 15) is 4.79 Å². The highest BCUT2D eigenvalue weighted by molar-refractivity contribution is 5.95. The van der Waals surface area contributed by atoms with Crippen LogP contribution < -0.4 is 10.1 Å². The molecule has 0 aliphatic heterocycles. The van der Waals surface area contributed by atoms with E-state index < -0.39 is 0 Å². The maximum absolute atomic E-state index is 12.6. The van der Waals surface area contributed by atoms with Gasteiger partial charge in [0.1, 0.15) is 11.6 Å². The number of nitrogens with one attached hydrogen (secondary N) is 1. The van der Waals surface area contributed by atoms with Crippen LogP contribution in [0, 0.1) is 6.92 Å². The van der Waals surface area contributed by atoms with Crippen molar-refractivity contribution >= 4 is 11.7 Å². The first-order chi connectivity index (χ1) is 13.0. The first-order valence-electron chi connectivity index (χ1n) is 9.12. The zero-order chi connectivity index (χ0) is 19.4. The van der Waals surface area contributed by atoms with Gasteiger partial charge in [-0.2, -0.15) is 5.10 Å². The molecule has 1 atom stereocenters. The highest BCUT2D eigenvalue weighted by Gasteiger charge is 2.17. The molecule has 0 spiro atoms. The van der Waals surface area contributed by atoms with Crippen LogP contribution in [-0.4, -0.2) is 22.3 Å². The number of anilines is 1. The maximum Gasteiger partial charge on any atom is 0.232 e. The minimum atomic E-state index is -0.255. The number of rotatable bonds is 6. The van der Waals surface area contributed by atoms with Gasteiger partial charge in [0.15, 0.2) is 0 Å². The van der Waals surface area contributed by atoms with Crippen molar-refractivity contribution in [1.29, 1.82) is 0 Å². The van der Waals surface area contributed by atoms with Gasteiger partial charge in [-0.25, -0.2) is 0 Å². The summed E-state index contributed by atoms with van der Waals surface area (Å²) in [7, 11) is 1.82. The van der Waals surface area contributed by atoms with Crippen LogP contribution in [-0.2, 0) is 11.8 Å². The third-order valence-electron chi connectivity index (χ3n) is 4.56. The zero-order valence-corrected chi connectivity index (χ0v) is 16.2. The second kappa shape index (κ2) is 8.08. The lowest BCUT2D eigenvalue weighted by molar-refractivity contribution is -0.117. The van der Waals surface area contributed by atoms with Crippen LogP contribution in [0.2, 0.25) is 0 Å². The van der Waals surface area contributed by atoms with Crippen LogP contribution >= 0.6 is 0 Å². The van der Waals surface area contributed by atoms with Crippen molar-refractivity contribution in [3.63, 3.8) is 0 Å². The van der Waals surface area contributed by atoms with E-state index in [1.807, 2.05) is 82.4 Å².